The van der Waals surface area contributed by atoms with Crippen LogP contribution in [0.3, 0.4) is 0 Å². The molecule has 0 saturated carbocycles. The van der Waals surface area contributed by atoms with Crippen LogP contribution < -0.4 is 0 Å². The zero-order valence-corrected chi connectivity index (χ0v) is 44.2. The lowest BCUT2D eigenvalue weighted by atomic mass is 9.61. The summed E-state index contributed by atoms with van der Waals surface area (Å²) in [5, 5.41) is 4.47. The van der Waals surface area contributed by atoms with Gasteiger partial charge >= 0.3 is 0 Å². The van der Waals surface area contributed by atoms with Crippen molar-refractivity contribution in [2.24, 2.45) is 0 Å². The van der Waals surface area contributed by atoms with Gasteiger partial charge < -0.3 is 8.83 Å². The molecule has 3 aliphatic rings. The molecule has 4 aromatic heterocycles. The van der Waals surface area contributed by atoms with Crippen LogP contribution in [0.2, 0.25) is 0 Å². The molecule has 82 heavy (non-hydrogen) atoms. The first kappa shape index (κ1) is 46.1. The molecular formula is C76H46N4O2. The molecule has 11 aromatic carbocycles. The second-order valence-electron chi connectivity index (χ2n) is 21.6. The Balaban J connectivity index is 0.730. The number of para-hydroxylation sites is 2. The quantitative estimate of drug-likeness (QED) is 0.151. The summed E-state index contributed by atoms with van der Waals surface area (Å²) in [6, 6.07) is 94.6. The zero-order chi connectivity index (χ0) is 53.8. The predicted molar refractivity (Wildman–Crippen MR) is 330 cm³/mol. The van der Waals surface area contributed by atoms with E-state index in [9.17, 15) is 0 Å². The average Bonchev–Trinajstić information content (AvgIpc) is 2.37. The molecule has 2 bridgehead atoms. The predicted octanol–water partition coefficient (Wildman–Crippen LogP) is 19.4. The highest BCUT2D eigenvalue weighted by molar-refractivity contribution is 6.07. The maximum Gasteiger partial charge on any atom is 0.160 e. The smallest absolute Gasteiger partial charge is 0.160 e. The summed E-state index contributed by atoms with van der Waals surface area (Å²) in [5.74, 6) is 1.41. The Morgan fingerprint density at radius 1 is 0.207 bits per heavy atom. The van der Waals surface area contributed by atoms with E-state index in [4.69, 9.17) is 28.8 Å². The summed E-state index contributed by atoms with van der Waals surface area (Å²) in [5.41, 5.74) is 25.5. The van der Waals surface area contributed by atoms with Gasteiger partial charge in [0.1, 0.15) is 22.3 Å². The van der Waals surface area contributed by atoms with Crippen LogP contribution in [0.15, 0.2) is 276 Å². The second kappa shape index (κ2) is 18.4. The first-order valence-corrected chi connectivity index (χ1v) is 27.9. The fourth-order valence-electron chi connectivity index (χ4n) is 12.9. The molecule has 6 heteroatoms. The van der Waals surface area contributed by atoms with E-state index in [0.29, 0.717) is 11.6 Å². The summed E-state index contributed by atoms with van der Waals surface area (Å²) in [7, 11) is 0. The molecule has 0 fully saturated rings. The van der Waals surface area contributed by atoms with Gasteiger partial charge in [0.25, 0.3) is 0 Å². The van der Waals surface area contributed by atoms with Crippen LogP contribution in [0.25, 0.3) is 134 Å². The minimum Gasteiger partial charge on any atom is -0.456 e. The Morgan fingerprint density at radius 2 is 0.524 bits per heavy atom. The van der Waals surface area contributed by atoms with Gasteiger partial charge in [-0.15, -0.1) is 0 Å². The molecule has 0 spiro atoms. The number of fused-ring (bicyclic) bond motifs is 6. The lowest BCUT2D eigenvalue weighted by Crippen LogP contribution is -2.27. The van der Waals surface area contributed by atoms with Crippen LogP contribution in [-0.2, 0) is 0 Å². The lowest BCUT2D eigenvalue weighted by Gasteiger charge is -2.42. The first-order chi connectivity index (χ1) is 40.6. The van der Waals surface area contributed by atoms with Crippen LogP contribution in [-0.4, -0.2) is 19.9 Å². The van der Waals surface area contributed by atoms with Crippen molar-refractivity contribution in [3.63, 3.8) is 0 Å². The summed E-state index contributed by atoms with van der Waals surface area (Å²) in [6.45, 7) is 0. The van der Waals surface area contributed by atoms with Crippen molar-refractivity contribution in [3.8, 4) is 90.1 Å². The number of aromatic nitrogens is 4. The van der Waals surface area contributed by atoms with Crippen LogP contribution in [0.4, 0.5) is 0 Å². The van der Waals surface area contributed by atoms with Gasteiger partial charge in [-0.05, 0) is 116 Å². The number of hydrogen-bond donors (Lipinski definition) is 0. The van der Waals surface area contributed by atoms with Gasteiger partial charge in [0.15, 0.2) is 11.6 Å². The van der Waals surface area contributed by atoms with Gasteiger partial charge in [0.2, 0.25) is 0 Å². The van der Waals surface area contributed by atoms with Crippen LogP contribution in [0, 0.1) is 0 Å². The number of hydrogen-bond acceptors (Lipinski definition) is 6. The molecule has 0 N–H and O–H groups in total. The number of nitrogens with zero attached hydrogens (tertiary/aromatic N) is 4. The molecule has 2 atom stereocenters. The van der Waals surface area contributed by atoms with Crippen molar-refractivity contribution in [2.45, 2.75) is 11.8 Å². The summed E-state index contributed by atoms with van der Waals surface area (Å²) in [4.78, 5) is 21.4. The highest BCUT2D eigenvalue weighted by atomic mass is 16.3. The topological polar surface area (TPSA) is 77.8 Å². The Morgan fingerprint density at radius 3 is 0.951 bits per heavy atom. The van der Waals surface area contributed by atoms with E-state index < -0.39 is 0 Å². The van der Waals surface area contributed by atoms with E-state index in [2.05, 4.69) is 231 Å². The average molecular weight is 1050 g/mol. The molecule has 0 radical (unpaired) electrons. The van der Waals surface area contributed by atoms with Crippen molar-refractivity contribution < 1.29 is 8.83 Å². The SMILES string of the molecule is c1ccc(-c2cc(-c3ccc(-c4ccc5oc6ccccc6c5c4)cc3)nc(-c3ccc4c(c3)C3c5ccccc5C4c4cc(-c5nc(-c6ccccc6)cc(-c6ccc(-c7ccc8oc9ccccc9c8c7)cc6)n5)ccc43)n2)cc1. The maximum absolute atomic E-state index is 6.14. The number of furan rings is 2. The molecule has 3 aliphatic carbocycles. The van der Waals surface area contributed by atoms with Crippen molar-refractivity contribution in [1.82, 2.24) is 19.9 Å². The van der Waals surface area contributed by atoms with Crippen LogP contribution in [0.1, 0.15) is 45.2 Å². The summed E-state index contributed by atoms with van der Waals surface area (Å²) < 4.78 is 12.3. The van der Waals surface area contributed by atoms with Crippen LogP contribution >= 0.6 is 0 Å². The fraction of sp³-hybridized carbons (Fsp3) is 0.0263. The fourth-order valence-corrected chi connectivity index (χ4v) is 12.9. The largest absolute Gasteiger partial charge is 0.456 e. The summed E-state index contributed by atoms with van der Waals surface area (Å²) >= 11 is 0. The minimum atomic E-state index is 0.0161. The van der Waals surface area contributed by atoms with Crippen molar-refractivity contribution in [1.29, 1.82) is 0 Å². The van der Waals surface area contributed by atoms with Gasteiger partial charge in [-0.25, -0.2) is 19.9 Å². The lowest BCUT2D eigenvalue weighted by molar-refractivity contribution is 0.668. The van der Waals surface area contributed by atoms with Crippen molar-refractivity contribution in [3.05, 3.63) is 300 Å². The van der Waals surface area contributed by atoms with E-state index in [0.717, 1.165) is 122 Å². The van der Waals surface area contributed by atoms with Gasteiger partial charge in [-0.2, -0.15) is 0 Å². The molecule has 0 amide bonds. The standard InChI is InChI=1S/C76H46N4O2/c1-3-13-47(14-4-1)65-43-67(49-27-23-45(24-28-49)51-33-37-71-61(39-51)55-17-9-11-21-69(55)81-71)79-75(77-65)53-31-35-59-63(41-53)73-57-19-7-8-20-58(57)74(59)64-42-54(32-36-60(64)73)76-78-66(48-15-5-2-6-16-48)44-68(80-76)50-29-25-46(26-30-50)52-34-38-72-62(40-52)56-18-10-12-22-70(56)82-72/h1-44,73-74H. The third-order valence-corrected chi connectivity index (χ3v) is 16.9. The Kier molecular flexibility index (Phi) is 10.3. The molecule has 2 unspecified atom stereocenters. The van der Waals surface area contributed by atoms with E-state index in [-0.39, 0.29) is 11.8 Å². The molecule has 382 valence electrons. The molecule has 18 rings (SSSR count). The zero-order valence-electron chi connectivity index (χ0n) is 44.2. The third-order valence-electron chi connectivity index (χ3n) is 16.9. The van der Waals surface area contributed by atoms with Crippen LogP contribution in [0.5, 0.6) is 0 Å². The van der Waals surface area contributed by atoms with Crippen molar-refractivity contribution in [2.75, 3.05) is 0 Å². The molecule has 6 nitrogen and oxygen atoms in total. The molecule has 0 aliphatic heterocycles. The highest BCUT2D eigenvalue weighted by Gasteiger charge is 2.41. The number of rotatable bonds is 8. The first-order valence-electron chi connectivity index (χ1n) is 27.9. The van der Waals surface area contributed by atoms with Crippen molar-refractivity contribution >= 4 is 43.9 Å². The Labute approximate surface area is 472 Å². The van der Waals surface area contributed by atoms with E-state index in [1.807, 2.05) is 36.4 Å². The van der Waals surface area contributed by atoms with Gasteiger partial charge in [-0.1, -0.05) is 206 Å². The van der Waals surface area contributed by atoms with E-state index >= 15 is 0 Å². The molecular weight excluding hydrogens is 1000 g/mol. The molecule has 15 aromatic rings. The van der Waals surface area contributed by atoms with Gasteiger partial charge in [-0.3, -0.25) is 0 Å². The Bertz CT molecular complexity index is 4720. The highest BCUT2D eigenvalue weighted by Crippen LogP contribution is 2.57. The van der Waals surface area contributed by atoms with E-state index in [1.165, 1.54) is 33.4 Å². The Hall–Kier alpha value is -10.8. The second-order valence-corrected chi connectivity index (χ2v) is 21.6. The van der Waals surface area contributed by atoms with Gasteiger partial charge in [0, 0.05) is 66.8 Å². The van der Waals surface area contributed by atoms with Gasteiger partial charge in [0.05, 0.1) is 22.8 Å². The molecule has 4 heterocycles. The normalized spacial score (nSPS) is 14.1. The molecule has 0 saturated heterocycles. The number of benzene rings is 11. The summed E-state index contributed by atoms with van der Waals surface area (Å²) in [6.07, 6.45) is 0. The third kappa shape index (κ3) is 7.56. The minimum absolute atomic E-state index is 0.0161. The van der Waals surface area contributed by atoms with E-state index in [1.54, 1.807) is 0 Å². The maximum atomic E-state index is 6.14. The monoisotopic (exact) mass is 1050 g/mol.